The molecule has 0 aliphatic carbocycles. The first-order chi connectivity index (χ1) is 7.24. The summed E-state index contributed by atoms with van der Waals surface area (Å²) in [5.74, 6) is 2.14. The topological polar surface area (TPSA) is 29.3 Å². The second-order valence-electron chi connectivity index (χ2n) is 5.28. The molecule has 0 radical (unpaired) electrons. The SMILES string of the molecule is CN1CCCC2(CC1)CC(CN)CCS2. The summed E-state index contributed by atoms with van der Waals surface area (Å²) in [5.41, 5.74) is 5.84. The first-order valence-corrected chi connectivity index (χ1v) is 7.25. The van der Waals surface area contributed by atoms with Crippen LogP contribution in [0.1, 0.15) is 32.1 Å². The summed E-state index contributed by atoms with van der Waals surface area (Å²) in [6.07, 6.45) is 6.89. The second kappa shape index (κ2) is 5.07. The van der Waals surface area contributed by atoms with Crippen LogP contribution in [0.15, 0.2) is 0 Å². The highest BCUT2D eigenvalue weighted by molar-refractivity contribution is 8.00. The van der Waals surface area contributed by atoms with E-state index in [4.69, 9.17) is 5.73 Å². The van der Waals surface area contributed by atoms with Crippen molar-refractivity contribution in [2.45, 2.75) is 36.9 Å². The van der Waals surface area contributed by atoms with Gasteiger partial charge in [-0.3, -0.25) is 0 Å². The molecule has 2 N–H and O–H groups in total. The van der Waals surface area contributed by atoms with E-state index >= 15 is 0 Å². The molecule has 0 aromatic heterocycles. The average molecular weight is 228 g/mol. The van der Waals surface area contributed by atoms with E-state index in [1.165, 1.54) is 50.9 Å². The van der Waals surface area contributed by atoms with Gasteiger partial charge in [-0.1, -0.05) is 0 Å². The largest absolute Gasteiger partial charge is 0.330 e. The predicted octanol–water partition coefficient (Wildman–Crippen LogP) is 1.94. The monoisotopic (exact) mass is 228 g/mol. The molecule has 2 rings (SSSR count). The van der Waals surface area contributed by atoms with Crippen LogP contribution >= 0.6 is 11.8 Å². The van der Waals surface area contributed by atoms with Crippen molar-refractivity contribution < 1.29 is 0 Å². The highest BCUT2D eigenvalue weighted by Gasteiger charge is 2.37. The summed E-state index contributed by atoms with van der Waals surface area (Å²) in [4.78, 5) is 2.49. The summed E-state index contributed by atoms with van der Waals surface area (Å²) in [6, 6.07) is 0. The minimum atomic E-state index is 0.590. The fraction of sp³-hybridized carbons (Fsp3) is 1.00. The van der Waals surface area contributed by atoms with Crippen LogP contribution in [-0.2, 0) is 0 Å². The van der Waals surface area contributed by atoms with Crippen LogP contribution in [-0.4, -0.2) is 42.1 Å². The van der Waals surface area contributed by atoms with E-state index in [1.807, 2.05) is 0 Å². The maximum atomic E-state index is 5.84. The van der Waals surface area contributed by atoms with Crippen LogP contribution in [0, 0.1) is 5.92 Å². The van der Waals surface area contributed by atoms with Gasteiger partial charge in [0.05, 0.1) is 0 Å². The molecule has 0 amide bonds. The Hall–Kier alpha value is 0.270. The Morgan fingerprint density at radius 1 is 1.40 bits per heavy atom. The fourth-order valence-corrected chi connectivity index (χ4v) is 4.74. The smallest absolute Gasteiger partial charge is 0.0175 e. The third kappa shape index (κ3) is 2.89. The minimum absolute atomic E-state index is 0.590. The fourth-order valence-electron chi connectivity index (χ4n) is 2.98. The lowest BCUT2D eigenvalue weighted by Gasteiger charge is -2.39. The molecule has 0 bridgehead atoms. The zero-order valence-electron chi connectivity index (χ0n) is 9.87. The Kier molecular flexibility index (Phi) is 3.97. The molecule has 0 saturated carbocycles. The molecule has 2 heterocycles. The number of nitrogens with two attached hydrogens (primary N) is 1. The van der Waals surface area contributed by atoms with Gasteiger partial charge in [-0.15, -0.1) is 0 Å². The summed E-state index contributed by atoms with van der Waals surface area (Å²) >= 11 is 2.24. The Balaban J connectivity index is 1.98. The van der Waals surface area contributed by atoms with E-state index in [1.54, 1.807) is 0 Å². The minimum Gasteiger partial charge on any atom is -0.330 e. The standard InChI is InChI=1S/C12H24N2S/c1-14-6-2-4-12(5-7-14)9-11(10-13)3-8-15-12/h11H,2-10,13H2,1H3. The van der Waals surface area contributed by atoms with Crippen LogP contribution in [0.2, 0.25) is 0 Å². The Morgan fingerprint density at radius 2 is 2.27 bits per heavy atom. The van der Waals surface area contributed by atoms with Gasteiger partial charge in [-0.05, 0) is 70.5 Å². The van der Waals surface area contributed by atoms with Gasteiger partial charge in [0.1, 0.15) is 0 Å². The zero-order valence-corrected chi connectivity index (χ0v) is 10.7. The summed E-state index contributed by atoms with van der Waals surface area (Å²) in [6.45, 7) is 3.47. The van der Waals surface area contributed by atoms with Gasteiger partial charge in [-0.2, -0.15) is 11.8 Å². The van der Waals surface area contributed by atoms with Crippen LogP contribution in [0.4, 0.5) is 0 Å². The Bertz CT molecular complexity index is 210. The maximum Gasteiger partial charge on any atom is 0.0175 e. The molecule has 2 fully saturated rings. The molecule has 88 valence electrons. The third-order valence-electron chi connectivity index (χ3n) is 4.05. The molecule has 0 aromatic carbocycles. The number of hydrogen-bond donors (Lipinski definition) is 1. The molecular formula is C12H24N2S. The molecule has 3 heteroatoms. The van der Waals surface area contributed by atoms with E-state index in [9.17, 15) is 0 Å². The van der Waals surface area contributed by atoms with E-state index in [2.05, 4.69) is 23.7 Å². The molecule has 15 heavy (non-hydrogen) atoms. The molecule has 0 aromatic rings. The van der Waals surface area contributed by atoms with Crippen molar-refractivity contribution in [1.29, 1.82) is 0 Å². The van der Waals surface area contributed by atoms with Crippen molar-refractivity contribution in [2.75, 3.05) is 32.4 Å². The summed E-state index contributed by atoms with van der Waals surface area (Å²) in [5, 5.41) is 0. The van der Waals surface area contributed by atoms with Gasteiger partial charge in [0.2, 0.25) is 0 Å². The first kappa shape index (κ1) is 11.7. The van der Waals surface area contributed by atoms with Crippen LogP contribution in [0.25, 0.3) is 0 Å². The molecule has 2 atom stereocenters. The van der Waals surface area contributed by atoms with Crippen LogP contribution in [0.3, 0.4) is 0 Å². The molecular weight excluding hydrogens is 204 g/mol. The van der Waals surface area contributed by atoms with Gasteiger partial charge >= 0.3 is 0 Å². The Labute approximate surface area is 98.0 Å². The van der Waals surface area contributed by atoms with Crippen molar-refractivity contribution in [2.24, 2.45) is 11.7 Å². The molecule has 2 unspecified atom stereocenters. The summed E-state index contributed by atoms with van der Waals surface area (Å²) < 4.78 is 0.590. The Morgan fingerprint density at radius 3 is 3.07 bits per heavy atom. The molecule has 2 aliphatic heterocycles. The molecule has 2 aliphatic rings. The highest BCUT2D eigenvalue weighted by atomic mass is 32.2. The molecule has 2 nitrogen and oxygen atoms in total. The number of rotatable bonds is 1. The molecule has 2 saturated heterocycles. The zero-order chi connectivity index (χ0) is 10.7. The van der Waals surface area contributed by atoms with Crippen LogP contribution < -0.4 is 5.73 Å². The number of hydrogen-bond acceptors (Lipinski definition) is 3. The van der Waals surface area contributed by atoms with Crippen molar-refractivity contribution >= 4 is 11.8 Å². The van der Waals surface area contributed by atoms with Gasteiger partial charge in [-0.25, -0.2) is 0 Å². The van der Waals surface area contributed by atoms with E-state index in [0.29, 0.717) is 4.75 Å². The molecule has 1 spiro atoms. The first-order valence-electron chi connectivity index (χ1n) is 6.27. The van der Waals surface area contributed by atoms with Crippen molar-refractivity contribution in [3.63, 3.8) is 0 Å². The van der Waals surface area contributed by atoms with E-state index < -0.39 is 0 Å². The average Bonchev–Trinajstić information content (AvgIpc) is 2.42. The lowest BCUT2D eigenvalue weighted by atomic mass is 9.86. The number of thioether (sulfide) groups is 1. The van der Waals surface area contributed by atoms with Gasteiger partial charge in [0.15, 0.2) is 0 Å². The summed E-state index contributed by atoms with van der Waals surface area (Å²) in [7, 11) is 2.26. The van der Waals surface area contributed by atoms with Gasteiger partial charge in [0.25, 0.3) is 0 Å². The second-order valence-corrected chi connectivity index (χ2v) is 6.85. The predicted molar refractivity (Wildman–Crippen MR) is 68.3 cm³/mol. The van der Waals surface area contributed by atoms with Gasteiger partial charge < -0.3 is 10.6 Å². The number of likely N-dealkylation sites (tertiary alicyclic amines) is 1. The van der Waals surface area contributed by atoms with Crippen LogP contribution in [0.5, 0.6) is 0 Å². The van der Waals surface area contributed by atoms with Crippen molar-refractivity contribution in [3.05, 3.63) is 0 Å². The third-order valence-corrected chi connectivity index (χ3v) is 5.68. The quantitative estimate of drug-likeness (QED) is 0.744. The maximum absolute atomic E-state index is 5.84. The van der Waals surface area contributed by atoms with Crippen molar-refractivity contribution in [1.82, 2.24) is 4.90 Å². The van der Waals surface area contributed by atoms with Crippen molar-refractivity contribution in [3.8, 4) is 0 Å². The number of nitrogens with zero attached hydrogens (tertiary/aromatic N) is 1. The van der Waals surface area contributed by atoms with E-state index in [0.717, 1.165) is 12.5 Å². The van der Waals surface area contributed by atoms with E-state index in [-0.39, 0.29) is 0 Å². The van der Waals surface area contributed by atoms with Gasteiger partial charge in [0, 0.05) is 4.75 Å². The normalized spacial score (nSPS) is 39.2. The lowest BCUT2D eigenvalue weighted by Crippen LogP contribution is -2.36. The highest BCUT2D eigenvalue weighted by Crippen LogP contribution is 2.45. The lowest BCUT2D eigenvalue weighted by molar-refractivity contribution is 0.328.